The molecule has 0 aliphatic carbocycles. The Balaban J connectivity index is 2.59. The lowest BCUT2D eigenvalue weighted by molar-refractivity contribution is -0.123. The van der Waals surface area contributed by atoms with E-state index in [1.54, 1.807) is 0 Å². The Morgan fingerprint density at radius 1 is 1.29 bits per heavy atom. The lowest BCUT2D eigenvalue weighted by Gasteiger charge is -2.12. The van der Waals surface area contributed by atoms with Crippen molar-refractivity contribution < 1.29 is 19.4 Å². The van der Waals surface area contributed by atoms with E-state index in [9.17, 15) is 9.59 Å². The Labute approximate surface area is 140 Å². The number of amides is 1. The van der Waals surface area contributed by atoms with Gasteiger partial charge in [0.2, 0.25) is 0 Å². The molecule has 0 spiro atoms. The number of benzene rings is 1. The lowest BCUT2D eigenvalue weighted by Crippen LogP contribution is -2.30. The molecule has 0 aliphatic rings. The van der Waals surface area contributed by atoms with Gasteiger partial charge >= 0.3 is 5.97 Å². The second-order valence-electron chi connectivity index (χ2n) is 4.90. The summed E-state index contributed by atoms with van der Waals surface area (Å²) in [5.41, 5.74) is 0.127. The Morgan fingerprint density at radius 3 is 2.33 bits per heavy atom. The summed E-state index contributed by atoms with van der Waals surface area (Å²) in [6.45, 7) is 4.66. The largest absolute Gasteiger partial charge is 0.481 e. The molecular formula is C14H17Br2NO4. The van der Waals surface area contributed by atoms with Gasteiger partial charge < -0.3 is 15.2 Å². The number of hydrogen-bond acceptors (Lipinski definition) is 3. The number of carboxylic acid groups (broad SMARTS) is 1. The van der Waals surface area contributed by atoms with Crippen molar-refractivity contribution in [3.63, 3.8) is 0 Å². The fourth-order valence-electron chi connectivity index (χ4n) is 1.51. The second kappa shape index (κ2) is 8.38. The van der Waals surface area contributed by atoms with Crippen LogP contribution in [0.25, 0.3) is 0 Å². The van der Waals surface area contributed by atoms with Crippen LogP contribution in [0.2, 0.25) is 0 Å². The van der Waals surface area contributed by atoms with Crippen LogP contribution in [0.4, 0.5) is 0 Å². The molecule has 0 saturated heterocycles. The average Bonchev–Trinajstić information content (AvgIpc) is 2.36. The molecule has 1 aromatic rings. The monoisotopic (exact) mass is 421 g/mol. The molecule has 7 heteroatoms. The number of rotatable bonds is 7. The van der Waals surface area contributed by atoms with Crippen LogP contribution in [0.1, 0.15) is 30.6 Å². The van der Waals surface area contributed by atoms with E-state index in [2.05, 4.69) is 51.0 Å². The van der Waals surface area contributed by atoms with Crippen LogP contribution in [-0.4, -0.2) is 30.1 Å². The van der Waals surface area contributed by atoms with Gasteiger partial charge in [0.25, 0.3) is 5.91 Å². The normalized spacial score (nSPS) is 10.5. The molecule has 0 aliphatic heterocycles. The van der Waals surface area contributed by atoms with Crippen LogP contribution in [0.5, 0.6) is 5.75 Å². The summed E-state index contributed by atoms with van der Waals surface area (Å²) < 4.78 is 6.38. The highest BCUT2D eigenvalue weighted by Gasteiger charge is 2.14. The molecule has 0 atom stereocenters. The minimum absolute atomic E-state index is 0.123. The summed E-state index contributed by atoms with van der Waals surface area (Å²) in [4.78, 5) is 22.5. The van der Waals surface area contributed by atoms with Gasteiger partial charge in [-0.05, 0) is 56.3 Å². The quantitative estimate of drug-likeness (QED) is 0.705. The van der Waals surface area contributed by atoms with Crippen molar-refractivity contribution in [3.8, 4) is 5.75 Å². The Bertz CT molecular complexity index is 509. The molecule has 1 rings (SSSR count). The molecule has 0 aromatic heterocycles. The summed E-state index contributed by atoms with van der Waals surface area (Å²) in [6, 6.07) is 2.86. The average molecular weight is 423 g/mol. The first-order valence-corrected chi connectivity index (χ1v) is 8.01. The highest BCUT2D eigenvalue weighted by Crippen LogP contribution is 2.34. The molecule has 0 unspecified atom stereocenters. The molecule has 2 N–H and O–H groups in total. The van der Waals surface area contributed by atoms with Crippen molar-refractivity contribution in [1.29, 1.82) is 0 Å². The van der Waals surface area contributed by atoms with Crippen molar-refractivity contribution in [2.75, 3.05) is 13.2 Å². The van der Waals surface area contributed by atoms with E-state index in [0.29, 0.717) is 27.2 Å². The molecule has 0 fully saturated rings. The van der Waals surface area contributed by atoms with E-state index in [1.807, 2.05) is 0 Å². The van der Waals surface area contributed by atoms with Gasteiger partial charge in [0.1, 0.15) is 5.75 Å². The first-order valence-electron chi connectivity index (χ1n) is 6.43. The molecule has 0 heterocycles. The summed E-state index contributed by atoms with van der Waals surface area (Å²) >= 11 is 6.48. The Morgan fingerprint density at radius 2 is 1.86 bits per heavy atom. The van der Waals surface area contributed by atoms with Crippen molar-refractivity contribution in [1.82, 2.24) is 5.32 Å². The predicted molar refractivity (Wildman–Crippen MR) is 86.8 cm³/mol. The Kier molecular flexibility index (Phi) is 7.17. The van der Waals surface area contributed by atoms with Gasteiger partial charge in [0, 0.05) is 6.54 Å². The fourth-order valence-corrected chi connectivity index (χ4v) is 2.93. The molecule has 1 amide bonds. The maximum absolute atomic E-state index is 11.6. The number of nitrogens with one attached hydrogen (secondary N) is 1. The third kappa shape index (κ3) is 6.05. The summed E-state index contributed by atoms with van der Waals surface area (Å²) in [7, 11) is 0. The SMILES string of the molecule is CC(C)CCNC(=O)COc1c(Br)cc(C(=O)O)cc1Br. The lowest BCUT2D eigenvalue weighted by atomic mass is 10.1. The van der Waals surface area contributed by atoms with Crippen molar-refractivity contribution >= 4 is 43.7 Å². The molecule has 0 saturated carbocycles. The molecule has 116 valence electrons. The van der Waals surface area contributed by atoms with Crippen LogP contribution in [0.15, 0.2) is 21.1 Å². The molecule has 1 aromatic carbocycles. The molecule has 21 heavy (non-hydrogen) atoms. The zero-order valence-corrected chi connectivity index (χ0v) is 15.0. The van der Waals surface area contributed by atoms with Crippen molar-refractivity contribution in [2.45, 2.75) is 20.3 Å². The van der Waals surface area contributed by atoms with Gasteiger partial charge in [-0.15, -0.1) is 0 Å². The first kappa shape index (κ1) is 18.0. The minimum Gasteiger partial charge on any atom is -0.481 e. The zero-order chi connectivity index (χ0) is 16.0. The summed E-state index contributed by atoms with van der Waals surface area (Å²) in [5, 5.41) is 11.7. The number of carboxylic acids is 1. The highest BCUT2D eigenvalue weighted by atomic mass is 79.9. The third-order valence-electron chi connectivity index (χ3n) is 2.64. The topological polar surface area (TPSA) is 75.6 Å². The number of halogens is 2. The first-order chi connectivity index (χ1) is 9.81. The van der Waals surface area contributed by atoms with Crippen LogP contribution in [0, 0.1) is 5.92 Å². The highest BCUT2D eigenvalue weighted by molar-refractivity contribution is 9.11. The number of ether oxygens (including phenoxy) is 1. The standard InChI is InChI=1S/C14H17Br2NO4/c1-8(2)3-4-17-12(18)7-21-13-10(15)5-9(14(19)20)6-11(13)16/h5-6,8H,3-4,7H2,1-2H3,(H,17,18)(H,19,20). The molecular weight excluding hydrogens is 406 g/mol. The van der Waals surface area contributed by atoms with E-state index < -0.39 is 5.97 Å². The van der Waals surface area contributed by atoms with Gasteiger partial charge in [-0.3, -0.25) is 4.79 Å². The second-order valence-corrected chi connectivity index (χ2v) is 6.60. The summed E-state index contributed by atoms with van der Waals surface area (Å²) in [5.74, 6) is -0.316. The number of hydrogen-bond donors (Lipinski definition) is 2. The minimum atomic E-state index is -1.03. The van der Waals surface area contributed by atoms with E-state index in [0.717, 1.165) is 6.42 Å². The van der Waals surface area contributed by atoms with E-state index in [4.69, 9.17) is 9.84 Å². The molecule has 0 radical (unpaired) electrons. The van der Waals surface area contributed by atoms with Crippen molar-refractivity contribution in [3.05, 3.63) is 26.6 Å². The molecule has 5 nitrogen and oxygen atoms in total. The van der Waals surface area contributed by atoms with Gasteiger partial charge in [-0.25, -0.2) is 4.79 Å². The summed E-state index contributed by atoms with van der Waals surface area (Å²) in [6.07, 6.45) is 0.909. The smallest absolute Gasteiger partial charge is 0.335 e. The number of aromatic carboxylic acids is 1. The van der Waals surface area contributed by atoms with Gasteiger partial charge in [-0.2, -0.15) is 0 Å². The number of carbonyl (C=O) groups is 2. The molecule has 0 bridgehead atoms. The maximum atomic E-state index is 11.6. The van der Waals surface area contributed by atoms with E-state index >= 15 is 0 Å². The van der Waals surface area contributed by atoms with Crippen LogP contribution >= 0.6 is 31.9 Å². The third-order valence-corrected chi connectivity index (χ3v) is 3.81. The van der Waals surface area contributed by atoms with Crippen LogP contribution in [-0.2, 0) is 4.79 Å². The maximum Gasteiger partial charge on any atom is 0.335 e. The fraction of sp³-hybridized carbons (Fsp3) is 0.429. The van der Waals surface area contributed by atoms with Gasteiger partial charge in [0.05, 0.1) is 14.5 Å². The van der Waals surface area contributed by atoms with Gasteiger partial charge in [0.15, 0.2) is 6.61 Å². The van der Waals surface area contributed by atoms with E-state index in [1.165, 1.54) is 12.1 Å². The predicted octanol–water partition coefficient (Wildman–Crippen LogP) is 3.45. The van der Waals surface area contributed by atoms with Crippen molar-refractivity contribution in [2.24, 2.45) is 5.92 Å². The number of carbonyl (C=O) groups excluding carboxylic acids is 1. The van der Waals surface area contributed by atoms with Crippen LogP contribution in [0.3, 0.4) is 0 Å². The van der Waals surface area contributed by atoms with Crippen LogP contribution < -0.4 is 10.1 Å². The van der Waals surface area contributed by atoms with Gasteiger partial charge in [-0.1, -0.05) is 13.8 Å². The van der Waals surface area contributed by atoms with E-state index in [-0.39, 0.29) is 18.1 Å². The zero-order valence-electron chi connectivity index (χ0n) is 11.8. The Hall–Kier alpha value is -1.08.